The summed E-state index contributed by atoms with van der Waals surface area (Å²) in [6.45, 7) is 18.6. The van der Waals surface area contributed by atoms with E-state index < -0.39 is 15.8 Å². The van der Waals surface area contributed by atoms with E-state index in [0.717, 1.165) is 95.9 Å². The molecule has 0 aliphatic heterocycles. The number of unbranched alkanes of at least 4 members (excludes halogenated alkanes) is 1. The number of nitrogen functional groups attached to an aromatic ring is 1. The number of carbonyl (C=O) groups excluding carboxylic acids is 1. The number of non-ortho nitro benzene ring substituents is 2. The average Bonchev–Trinajstić information content (AvgIpc) is 1.57. The van der Waals surface area contributed by atoms with Gasteiger partial charge in [-0.25, -0.2) is 5.84 Å². The number of nitrogens with zero attached hydrogens (tertiary/aromatic N) is 12. The number of nitro groups is 2. The zero-order valence-electron chi connectivity index (χ0n) is 62.9. The monoisotopic (exact) mass is 1520 g/mol. The van der Waals surface area contributed by atoms with Crippen molar-refractivity contribution in [1.82, 2.24) is 39.8 Å². The number of carbonyl (C=O) groups is 1. The van der Waals surface area contributed by atoms with Crippen molar-refractivity contribution in [2.45, 2.75) is 66.2 Å². The maximum absolute atomic E-state index is 11.3. The van der Waals surface area contributed by atoms with Crippen LogP contribution in [0.25, 0.3) is 17.1 Å². The number of benzene rings is 6. The lowest BCUT2D eigenvalue weighted by atomic mass is 9.95. The molecule has 27 nitrogen and oxygen atoms in total. The number of methoxy groups -OCH3 is 4. The number of thiocarbonyl (C=S) groups is 1. The molecule has 102 heavy (non-hydrogen) atoms. The number of H-pyrrole nitrogens is 1. The lowest BCUT2D eigenvalue weighted by Crippen LogP contribution is -2.30. The first kappa shape index (κ1) is 89.1. The highest BCUT2D eigenvalue weighted by Crippen LogP contribution is 2.40. The standard InChI is InChI=1S/C23H31N5O3S.C13H19N3OS.C12H19N3O3.C11H16N2O2.C7H6BrNO3.C6H15N/c1-14(2)16-12-17(20(30)13-19(16)29)22-24-25-23(32)28(22)15-7-8-21(31-6)18(11-15)27(5)10-9-26(3)4;1-15(2)7-8-16(3)12-9-11(14-10-18)5-6-13(12)17-4;1-13(2)7-8-14(3)11-9-10(15(16)17)5-6-12(11)18-4;1-6(2)8-5-9(11(15)13-12)10(14)4-7(8)3;1-12-7-3-2-5(9(10)11)4-6(7)8;1-4-5-6-7(2)3/h7-8,11-14,29-30H,9-10H2,1-6H3,(H,25,32);2*5-6,9H,7-8H2,1-4H3;4-6,14H,12H2,1-3H3,(H,13,15);2-4H,1H3;4-6H2,1-3H3. The fraction of sp³-hybridized carbons (Fsp3) is 0.444. The Hall–Kier alpha value is -8.97. The Morgan fingerprint density at radius 1 is 0.627 bits per heavy atom. The molecule has 1 aromatic heterocycles. The van der Waals surface area contributed by atoms with Gasteiger partial charge in [-0.15, -0.1) is 0 Å². The molecule has 1 amide bonds. The number of likely N-dealkylation sites (N-methyl/N-ethyl adjacent to an activating group) is 6. The van der Waals surface area contributed by atoms with Crippen molar-refractivity contribution in [1.29, 1.82) is 0 Å². The zero-order valence-corrected chi connectivity index (χ0v) is 66.1. The molecule has 0 aliphatic carbocycles. The average molecular weight is 1520 g/mol. The molecule has 0 saturated heterocycles. The highest BCUT2D eigenvalue weighted by molar-refractivity contribution is 9.10. The van der Waals surface area contributed by atoms with E-state index in [0.29, 0.717) is 38.0 Å². The van der Waals surface area contributed by atoms with E-state index in [1.165, 1.54) is 56.8 Å². The number of nitro benzene ring substituents is 2. The van der Waals surface area contributed by atoms with E-state index in [1.54, 1.807) is 56.2 Å². The molecule has 0 radical (unpaired) electrons. The summed E-state index contributed by atoms with van der Waals surface area (Å²) in [5.41, 5.74) is 9.77. The maximum atomic E-state index is 11.3. The van der Waals surface area contributed by atoms with Crippen LogP contribution in [0.3, 0.4) is 0 Å². The van der Waals surface area contributed by atoms with Crippen LogP contribution >= 0.6 is 40.4 Å². The number of nitrogens with two attached hydrogens (primary N) is 1. The molecule has 560 valence electrons. The van der Waals surface area contributed by atoms with E-state index in [4.69, 9.17) is 37.0 Å². The number of isothiocyanates is 1. The number of phenolic OH excluding ortho intramolecular Hbond substituents is 3. The van der Waals surface area contributed by atoms with Gasteiger partial charge in [-0.05, 0) is 212 Å². The molecule has 7 N–H and O–H groups in total. The fourth-order valence-electron chi connectivity index (χ4n) is 9.50. The third kappa shape index (κ3) is 28.8. The first-order chi connectivity index (χ1) is 48.0. The number of nitrogens with one attached hydrogen (secondary N) is 2. The van der Waals surface area contributed by atoms with Gasteiger partial charge in [0.1, 0.15) is 40.2 Å². The largest absolute Gasteiger partial charge is 0.508 e. The van der Waals surface area contributed by atoms with Gasteiger partial charge in [0.25, 0.3) is 17.3 Å². The van der Waals surface area contributed by atoms with E-state index in [9.17, 15) is 40.3 Å². The van der Waals surface area contributed by atoms with Gasteiger partial charge in [0.05, 0.1) is 87.5 Å². The Balaban J connectivity index is 0.000000441. The fourth-order valence-corrected chi connectivity index (χ4v) is 10.4. The number of hydrogen-bond donors (Lipinski definition) is 6. The number of rotatable bonds is 27. The number of phenols is 3. The topological polar surface area (TPSA) is 308 Å². The second-order valence-electron chi connectivity index (χ2n) is 25.1. The van der Waals surface area contributed by atoms with Crippen LogP contribution in [0.5, 0.6) is 40.2 Å². The first-order valence-electron chi connectivity index (χ1n) is 32.6. The molecular weight excluding hydrogens is 1410 g/mol. The number of aromatic amines is 1. The van der Waals surface area contributed by atoms with Crippen LogP contribution < -0.4 is 44.9 Å². The van der Waals surface area contributed by atoms with Crippen molar-refractivity contribution >= 4 is 85.6 Å². The number of hydrogen-bond acceptors (Lipinski definition) is 24. The van der Waals surface area contributed by atoms with Crippen LogP contribution in [0.4, 0.5) is 34.1 Å². The summed E-state index contributed by atoms with van der Waals surface area (Å²) >= 11 is 13.3. The minimum absolute atomic E-state index is 0.0418. The minimum atomic E-state index is -0.477. The van der Waals surface area contributed by atoms with Crippen molar-refractivity contribution < 1.29 is 48.9 Å². The van der Waals surface area contributed by atoms with Crippen molar-refractivity contribution in [3.8, 4) is 57.3 Å². The number of aliphatic imine (C=N–C) groups is 1. The quantitative estimate of drug-likeness (QED) is 0.00696. The van der Waals surface area contributed by atoms with Crippen molar-refractivity contribution in [3.63, 3.8) is 0 Å². The van der Waals surface area contributed by atoms with Gasteiger partial charge >= 0.3 is 0 Å². The van der Waals surface area contributed by atoms with Crippen LogP contribution in [-0.4, -0.2) is 222 Å². The number of ether oxygens (including phenoxy) is 4. The Bertz CT molecular complexity index is 3840. The second kappa shape index (κ2) is 45.1. The number of aryl methyl sites for hydroxylation is 1. The molecule has 7 rings (SSSR count). The van der Waals surface area contributed by atoms with Crippen molar-refractivity contribution in [2.75, 3.05) is 166 Å². The van der Waals surface area contributed by atoms with Gasteiger partial charge in [-0.1, -0.05) is 41.0 Å². The highest BCUT2D eigenvalue weighted by atomic mass is 79.9. The minimum Gasteiger partial charge on any atom is -0.508 e. The number of aromatic hydroxyl groups is 3. The van der Waals surface area contributed by atoms with Gasteiger partial charge < -0.3 is 68.6 Å². The van der Waals surface area contributed by atoms with Gasteiger partial charge in [-0.2, -0.15) is 10.1 Å². The third-order valence-corrected chi connectivity index (χ3v) is 16.4. The van der Waals surface area contributed by atoms with E-state index >= 15 is 0 Å². The first-order valence-corrected chi connectivity index (χ1v) is 34.2. The summed E-state index contributed by atoms with van der Waals surface area (Å²) in [5, 5.41) is 61.1. The van der Waals surface area contributed by atoms with E-state index in [-0.39, 0.29) is 40.1 Å². The lowest BCUT2D eigenvalue weighted by molar-refractivity contribution is -0.385. The summed E-state index contributed by atoms with van der Waals surface area (Å²) in [6, 6.07) is 26.8. The summed E-state index contributed by atoms with van der Waals surface area (Å²) in [7, 11) is 28.7. The normalized spacial score (nSPS) is 10.6. The molecule has 30 heteroatoms. The Labute approximate surface area is 620 Å². The van der Waals surface area contributed by atoms with Crippen LogP contribution in [0.2, 0.25) is 0 Å². The van der Waals surface area contributed by atoms with Gasteiger partial charge in [0, 0.05) is 90.7 Å². The number of hydrazine groups is 1. The third-order valence-electron chi connectivity index (χ3n) is 15.4. The molecule has 0 aliphatic rings. The van der Waals surface area contributed by atoms with Crippen LogP contribution in [0, 0.1) is 31.9 Å². The smallest absolute Gasteiger partial charge is 0.271 e. The number of anilines is 3. The predicted molar refractivity (Wildman–Crippen MR) is 420 cm³/mol. The van der Waals surface area contributed by atoms with Crippen LogP contribution in [-0.2, 0) is 0 Å². The van der Waals surface area contributed by atoms with Crippen LogP contribution in [0.1, 0.15) is 86.3 Å². The predicted octanol–water partition coefficient (Wildman–Crippen LogP) is 13.3. The Morgan fingerprint density at radius 2 is 1.08 bits per heavy atom. The van der Waals surface area contributed by atoms with E-state index in [2.05, 4.69) is 113 Å². The lowest BCUT2D eigenvalue weighted by Gasteiger charge is -2.24. The molecule has 0 spiro atoms. The Morgan fingerprint density at radius 3 is 1.50 bits per heavy atom. The summed E-state index contributed by atoms with van der Waals surface area (Å²) in [4.78, 5) is 50.3. The second-order valence-corrected chi connectivity index (χ2v) is 26.5. The number of halogens is 1. The molecule has 6 aromatic carbocycles. The zero-order chi connectivity index (χ0) is 77.2. The van der Waals surface area contributed by atoms with Gasteiger partial charge in [0.15, 0.2) is 10.6 Å². The molecule has 0 bridgehead atoms. The number of amides is 1. The summed E-state index contributed by atoms with van der Waals surface area (Å²) in [6.07, 6.45) is 2.63. The summed E-state index contributed by atoms with van der Waals surface area (Å²) in [5.74, 6) is 8.13. The van der Waals surface area contributed by atoms with E-state index in [1.807, 2.05) is 131 Å². The maximum Gasteiger partial charge on any atom is 0.271 e. The Kier molecular flexibility index (Phi) is 39.4. The molecule has 7 aromatic rings. The summed E-state index contributed by atoms with van der Waals surface area (Å²) < 4.78 is 23.8. The van der Waals surface area contributed by atoms with Gasteiger partial charge in [-0.3, -0.25) is 40.1 Å². The molecule has 1 heterocycles. The van der Waals surface area contributed by atoms with Crippen molar-refractivity contribution in [2.24, 2.45) is 10.8 Å². The molecule has 0 fully saturated rings. The molecule has 0 saturated carbocycles. The van der Waals surface area contributed by atoms with Crippen LogP contribution in [0.15, 0.2) is 107 Å². The van der Waals surface area contributed by atoms with Gasteiger partial charge in [0.2, 0.25) is 0 Å². The molecule has 0 atom stereocenters. The SMILES string of the molecule is CCCCN(C)C.COc1ccc(-n2c(-c3cc(C(C)C)c(O)cc3O)n[nH]c2=S)cc1N(C)CCN(C)C.COc1ccc(N=C=S)cc1N(C)CCN(C)C.COc1ccc([N+](=O)[O-])cc1Br.COc1ccc([N+](=O)[O-])cc1N(C)CCN(C)C.Cc1cc(O)c(C(=O)NN)cc1C(C)C. The number of aromatic nitrogens is 3. The molecule has 0 unspecified atom stereocenters. The molecular formula is C72H106BrN15O12S2. The van der Waals surface area contributed by atoms with Crippen molar-refractivity contribution in [3.05, 3.63) is 149 Å². The highest BCUT2D eigenvalue weighted by Gasteiger charge is 2.22.